The van der Waals surface area contributed by atoms with Crippen LogP contribution >= 0.6 is 0 Å². The van der Waals surface area contributed by atoms with Gasteiger partial charge in [-0.15, -0.1) is 0 Å². The van der Waals surface area contributed by atoms with Gasteiger partial charge in [0.2, 0.25) is 5.91 Å². The summed E-state index contributed by atoms with van der Waals surface area (Å²) >= 11 is 0. The number of ketones is 1. The third-order valence-electron chi connectivity index (χ3n) is 7.21. The summed E-state index contributed by atoms with van der Waals surface area (Å²) in [5, 5.41) is 11.0. The summed E-state index contributed by atoms with van der Waals surface area (Å²) in [5.41, 5.74) is 0.917. The largest absolute Gasteiger partial charge is 0.486 e. The standard InChI is InChI=1S/C26H25N3O7/c1-16-4-7-22-20(13-16)21(30)15-26(36-22)8-11-27(12-9-26)23(31)3-2-10-28-24(32)18-6-5-17(29(34)35)14-19(18)25(28)33/h4-7,13-14H,2-3,8-12,15H2,1H3. The maximum absolute atomic E-state index is 12.8. The Balaban J connectivity index is 1.14. The van der Waals surface area contributed by atoms with E-state index in [4.69, 9.17) is 4.74 Å². The molecule has 10 nitrogen and oxygen atoms in total. The molecule has 0 aromatic heterocycles. The Morgan fingerprint density at radius 3 is 2.47 bits per heavy atom. The predicted molar refractivity (Wildman–Crippen MR) is 127 cm³/mol. The summed E-state index contributed by atoms with van der Waals surface area (Å²) in [6.07, 6.45) is 1.84. The molecular weight excluding hydrogens is 466 g/mol. The Hall–Kier alpha value is -4.08. The molecule has 0 radical (unpaired) electrons. The number of fused-ring (bicyclic) bond motifs is 2. The van der Waals surface area contributed by atoms with Crippen molar-refractivity contribution >= 4 is 29.2 Å². The number of carbonyl (C=O) groups is 4. The number of likely N-dealkylation sites (tertiary alicyclic amines) is 1. The van der Waals surface area contributed by atoms with Crippen LogP contribution in [0.3, 0.4) is 0 Å². The molecule has 3 aliphatic rings. The molecule has 2 aromatic carbocycles. The van der Waals surface area contributed by atoms with Crippen LogP contribution in [0, 0.1) is 17.0 Å². The van der Waals surface area contributed by atoms with Gasteiger partial charge in [0.1, 0.15) is 11.4 Å². The van der Waals surface area contributed by atoms with E-state index < -0.39 is 22.3 Å². The van der Waals surface area contributed by atoms with E-state index >= 15 is 0 Å². The van der Waals surface area contributed by atoms with Crippen molar-refractivity contribution in [1.82, 2.24) is 9.80 Å². The number of hydrogen-bond acceptors (Lipinski definition) is 7. The highest BCUT2D eigenvalue weighted by atomic mass is 16.6. The normalized spacial score (nSPS) is 18.2. The van der Waals surface area contributed by atoms with E-state index in [9.17, 15) is 29.3 Å². The van der Waals surface area contributed by atoms with Crippen molar-refractivity contribution in [3.8, 4) is 5.75 Å². The number of non-ortho nitro benzene ring substituents is 1. The van der Waals surface area contributed by atoms with Crippen molar-refractivity contribution in [2.24, 2.45) is 0 Å². The minimum atomic E-state index is -0.615. The molecule has 10 heteroatoms. The lowest BCUT2D eigenvalue weighted by Crippen LogP contribution is -2.52. The Labute approximate surface area is 207 Å². The van der Waals surface area contributed by atoms with Gasteiger partial charge in [-0.3, -0.25) is 34.2 Å². The number of aryl methyl sites for hydroxylation is 1. The van der Waals surface area contributed by atoms with Crippen LogP contribution in [0.1, 0.15) is 68.7 Å². The number of Topliss-reactive ketones (excluding diaryl/α,β-unsaturated/α-hetero) is 1. The average Bonchev–Trinajstić information content (AvgIpc) is 3.09. The van der Waals surface area contributed by atoms with Gasteiger partial charge in [0, 0.05) is 51.0 Å². The third-order valence-corrected chi connectivity index (χ3v) is 7.21. The van der Waals surface area contributed by atoms with Gasteiger partial charge in [-0.25, -0.2) is 0 Å². The highest BCUT2D eigenvalue weighted by molar-refractivity contribution is 6.21. The van der Waals surface area contributed by atoms with Crippen molar-refractivity contribution in [3.63, 3.8) is 0 Å². The van der Waals surface area contributed by atoms with Gasteiger partial charge in [0.25, 0.3) is 17.5 Å². The van der Waals surface area contributed by atoms with Gasteiger partial charge in [-0.05, 0) is 31.5 Å². The van der Waals surface area contributed by atoms with Gasteiger partial charge < -0.3 is 9.64 Å². The van der Waals surface area contributed by atoms with Gasteiger partial charge >= 0.3 is 0 Å². The van der Waals surface area contributed by atoms with E-state index in [0.29, 0.717) is 43.7 Å². The molecule has 2 aromatic rings. The first-order valence-corrected chi connectivity index (χ1v) is 11.9. The zero-order chi connectivity index (χ0) is 25.6. The van der Waals surface area contributed by atoms with E-state index in [0.717, 1.165) is 16.5 Å². The van der Waals surface area contributed by atoms with E-state index in [2.05, 4.69) is 0 Å². The third kappa shape index (κ3) is 4.12. The number of piperidine rings is 1. The second-order valence-electron chi connectivity index (χ2n) is 9.62. The summed E-state index contributed by atoms with van der Waals surface area (Å²) in [6, 6.07) is 9.20. The molecule has 1 spiro atoms. The molecule has 3 amide bonds. The number of hydrogen-bond donors (Lipinski definition) is 0. The molecule has 1 saturated heterocycles. The number of benzene rings is 2. The summed E-state index contributed by atoms with van der Waals surface area (Å²) in [6.45, 7) is 2.91. The average molecular weight is 492 g/mol. The number of amides is 3. The zero-order valence-electron chi connectivity index (χ0n) is 19.8. The number of nitrogens with zero attached hydrogens (tertiary/aromatic N) is 3. The molecular formula is C26H25N3O7. The second kappa shape index (κ2) is 8.85. The van der Waals surface area contributed by atoms with Crippen molar-refractivity contribution in [2.45, 2.75) is 44.6 Å². The van der Waals surface area contributed by atoms with Crippen LogP contribution in [0.25, 0.3) is 0 Å². The fraction of sp³-hybridized carbons (Fsp3) is 0.385. The van der Waals surface area contributed by atoms with E-state index in [1.165, 1.54) is 12.1 Å². The lowest BCUT2D eigenvalue weighted by molar-refractivity contribution is -0.384. The van der Waals surface area contributed by atoms with E-state index in [1.54, 1.807) is 4.90 Å². The number of carbonyl (C=O) groups excluding carboxylic acids is 4. The van der Waals surface area contributed by atoms with Gasteiger partial charge in [0.15, 0.2) is 5.78 Å². The molecule has 3 heterocycles. The SMILES string of the molecule is Cc1ccc2c(c1)C(=O)CC1(CCN(C(=O)CCCN3C(=O)c4ccc([N+](=O)[O-])cc4C3=O)CC1)O2. The van der Waals surface area contributed by atoms with Crippen molar-refractivity contribution in [2.75, 3.05) is 19.6 Å². The summed E-state index contributed by atoms with van der Waals surface area (Å²) in [4.78, 5) is 63.8. The van der Waals surface area contributed by atoms with Crippen LogP contribution < -0.4 is 4.74 Å². The Bertz CT molecular complexity index is 1310. The number of imide groups is 1. The molecule has 3 aliphatic heterocycles. The van der Waals surface area contributed by atoms with Crippen LogP contribution in [0.5, 0.6) is 5.75 Å². The molecule has 0 saturated carbocycles. The minimum Gasteiger partial charge on any atom is -0.486 e. The first kappa shape index (κ1) is 23.7. The van der Waals surface area contributed by atoms with Gasteiger partial charge in [-0.2, -0.15) is 0 Å². The highest BCUT2D eigenvalue weighted by Crippen LogP contribution is 2.39. The molecule has 186 valence electrons. The quantitative estimate of drug-likeness (QED) is 0.357. The lowest BCUT2D eigenvalue weighted by atomic mass is 9.82. The van der Waals surface area contributed by atoms with E-state index in [-0.39, 0.29) is 47.9 Å². The topological polar surface area (TPSA) is 127 Å². The molecule has 0 atom stereocenters. The first-order valence-electron chi connectivity index (χ1n) is 11.9. The Morgan fingerprint density at radius 1 is 1.03 bits per heavy atom. The number of nitro groups is 1. The highest BCUT2D eigenvalue weighted by Gasteiger charge is 2.43. The monoisotopic (exact) mass is 491 g/mol. The maximum Gasteiger partial charge on any atom is 0.270 e. The van der Waals surface area contributed by atoms with Crippen LogP contribution in [0.2, 0.25) is 0 Å². The lowest BCUT2D eigenvalue weighted by Gasteiger charge is -2.44. The smallest absolute Gasteiger partial charge is 0.270 e. The summed E-state index contributed by atoms with van der Waals surface area (Å²) in [7, 11) is 0. The first-order chi connectivity index (χ1) is 17.2. The molecule has 5 rings (SSSR count). The summed E-state index contributed by atoms with van der Waals surface area (Å²) in [5.74, 6) is -0.517. The zero-order valence-corrected chi connectivity index (χ0v) is 19.8. The maximum atomic E-state index is 12.8. The minimum absolute atomic E-state index is 0.0145. The predicted octanol–water partition coefficient (Wildman–Crippen LogP) is 3.31. The number of rotatable bonds is 5. The van der Waals surface area contributed by atoms with E-state index in [1.807, 2.05) is 25.1 Å². The van der Waals surface area contributed by atoms with Crippen molar-refractivity contribution < 1.29 is 28.8 Å². The summed E-state index contributed by atoms with van der Waals surface area (Å²) < 4.78 is 6.26. The fourth-order valence-corrected chi connectivity index (χ4v) is 5.19. The van der Waals surface area contributed by atoms with Crippen LogP contribution in [-0.2, 0) is 4.79 Å². The van der Waals surface area contributed by atoms with Crippen molar-refractivity contribution in [1.29, 1.82) is 0 Å². The molecule has 1 fully saturated rings. The Morgan fingerprint density at radius 2 is 1.75 bits per heavy atom. The molecule has 0 unspecified atom stereocenters. The Kier molecular flexibility index (Phi) is 5.82. The van der Waals surface area contributed by atoms with Gasteiger partial charge in [-0.1, -0.05) is 11.6 Å². The van der Waals surface area contributed by atoms with Crippen LogP contribution in [-0.4, -0.2) is 63.5 Å². The van der Waals surface area contributed by atoms with Crippen LogP contribution in [0.15, 0.2) is 36.4 Å². The number of nitro benzene ring substituents is 1. The van der Waals surface area contributed by atoms with Crippen molar-refractivity contribution in [3.05, 3.63) is 68.8 Å². The molecule has 0 N–H and O–H groups in total. The second-order valence-corrected chi connectivity index (χ2v) is 9.62. The fourth-order valence-electron chi connectivity index (χ4n) is 5.19. The number of ether oxygens (including phenoxy) is 1. The molecule has 0 bridgehead atoms. The van der Waals surface area contributed by atoms with Crippen LogP contribution in [0.4, 0.5) is 5.69 Å². The molecule has 36 heavy (non-hydrogen) atoms. The van der Waals surface area contributed by atoms with Gasteiger partial charge in [0.05, 0.1) is 28.0 Å². The molecule has 0 aliphatic carbocycles.